The minimum Gasteiger partial charge on any atom is -0.326 e. The van der Waals surface area contributed by atoms with E-state index < -0.39 is 11.6 Å². The number of anilines is 2. The maximum absolute atomic E-state index is 13.2. The van der Waals surface area contributed by atoms with Gasteiger partial charge in [0, 0.05) is 29.7 Å². The summed E-state index contributed by atoms with van der Waals surface area (Å²) in [6.45, 7) is 1.40. The molecule has 0 spiro atoms. The van der Waals surface area contributed by atoms with Crippen molar-refractivity contribution >= 4 is 45.4 Å². The van der Waals surface area contributed by atoms with Crippen molar-refractivity contribution in [1.29, 1.82) is 0 Å². The molecule has 0 aliphatic rings. The van der Waals surface area contributed by atoms with Crippen LogP contribution in [0.1, 0.15) is 11.8 Å². The first-order valence-electron chi connectivity index (χ1n) is 10.3. The highest BCUT2D eigenvalue weighted by Gasteiger charge is 2.15. The Morgan fingerprint density at radius 2 is 1.58 bits per heavy atom. The molecule has 0 saturated heterocycles. The van der Waals surface area contributed by atoms with Crippen LogP contribution in [0.3, 0.4) is 0 Å². The third-order valence-electron chi connectivity index (χ3n) is 5.08. The molecule has 33 heavy (non-hydrogen) atoms. The molecule has 9 heteroatoms. The molecule has 0 fully saturated rings. The van der Waals surface area contributed by atoms with E-state index in [9.17, 15) is 19.2 Å². The van der Waals surface area contributed by atoms with Gasteiger partial charge in [-0.1, -0.05) is 18.2 Å². The molecule has 0 saturated carbocycles. The number of benzene rings is 2. The summed E-state index contributed by atoms with van der Waals surface area (Å²) in [7, 11) is 0. The van der Waals surface area contributed by atoms with Crippen LogP contribution in [0.15, 0.2) is 75.6 Å². The van der Waals surface area contributed by atoms with Crippen molar-refractivity contribution in [3.8, 4) is 0 Å². The fraction of sp³-hybridized carbons (Fsp3) is 0.167. The molecule has 0 atom stereocenters. The number of hydrogen-bond acceptors (Lipinski definition) is 5. The molecule has 4 rings (SSSR count). The molecule has 8 nitrogen and oxygen atoms in total. The lowest BCUT2D eigenvalue weighted by Crippen LogP contribution is -2.42. The van der Waals surface area contributed by atoms with Crippen LogP contribution in [0.5, 0.6) is 0 Å². The maximum Gasteiger partial charge on any atom is 0.331 e. The summed E-state index contributed by atoms with van der Waals surface area (Å²) >= 11 is 1.57. The zero-order valence-electron chi connectivity index (χ0n) is 17.9. The molecule has 0 aliphatic heterocycles. The van der Waals surface area contributed by atoms with Crippen molar-refractivity contribution in [1.82, 2.24) is 9.13 Å². The second kappa shape index (κ2) is 9.66. The van der Waals surface area contributed by atoms with Gasteiger partial charge in [-0.25, -0.2) is 4.79 Å². The van der Waals surface area contributed by atoms with E-state index in [-0.39, 0.29) is 24.6 Å². The molecule has 2 heterocycles. The second-order valence-corrected chi connectivity index (χ2v) is 8.51. The average Bonchev–Trinajstić information content (AvgIpc) is 3.31. The first-order valence-corrected chi connectivity index (χ1v) is 11.2. The van der Waals surface area contributed by atoms with Gasteiger partial charge in [-0.15, -0.1) is 11.3 Å². The summed E-state index contributed by atoms with van der Waals surface area (Å²) < 4.78 is 2.52. The number of rotatable bonds is 7. The van der Waals surface area contributed by atoms with E-state index in [0.29, 0.717) is 28.7 Å². The molecule has 168 valence electrons. The van der Waals surface area contributed by atoms with E-state index in [0.717, 1.165) is 4.88 Å². The number of aryl methyl sites for hydroxylation is 1. The normalized spacial score (nSPS) is 10.8. The first-order chi connectivity index (χ1) is 15.9. The Hall–Kier alpha value is -3.98. The van der Waals surface area contributed by atoms with Crippen molar-refractivity contribution in [2.24, 2.45) is 0 Å². The Kier molecular flexibility index (Phi) is 6.50. The van der Waals surface area contributed by atoms with Crippen molar-refractivity contribution in [3.05, 3.63) is 91.8 Å². The second-order valence-electron chi connectivity index (χ2n) is 7.48. The number of thiophene rings is 1. The lowest BCUT2D eigenvalue weighted by molar-refractivity contribution is -0.117. The van der Waals surface area contributed by atoms with Gasteiger partial charge >= 0.3 is 5.69 Å². The monoisotopic (exact) mass is 462 g/mol. The fourth-order valence-electron chi connectivity index (χ4n) is 3.58. The highest BCUT2D eigenvalue weighted by Crippen LogP contribution is 2.14. The summed E-state index contributed by atoms with van der Waals surface area (Å²) in [6, 6.07) is 17.3. The molecular formula is C24H22N4O4S. The summed E-state index contributed by atoms with van der Waals surface area (Å²) in [4.78, 5) is 51.1. The Labute approximate surface area is 193 Å². The molecule has 2 N–H and O–H groups in total. The van der Waals surface area contributed by atoms with Gasteiger partial charge in [0.1, 0.15) is 6.54 Å². The highest BCUT2D eigenvalue weighted by molar-refractivity contribution is 7.09. The average molecular weight is 463 g/mol. The van der Waals surface area contributed by atoms with Crippen molar-refractivity contribution in [2.45, 2.75) is 26.4 Å². The Morgan fingerprint density at radius 1 is 0.879 bits per heavy atom. The molecule has 0 bridgehead atoms. The SMILES string of the molecule is CC(=O)Nc1ccc(NC(=O)Cn2c(=O)n(CCc3cccs3)c(=O)c3ccccc32)cc1. The minimum atomic E-state index is -0.522. The Balaban J connectivity index is 1.61. The lowest BCUT2D eigenvalue weighted by atomic mass is 10.2. The Morgan fingerprint density at radius 3 is 2.24 bits per heavy atom. The number of carbonyl (C=O) groups excluding carboxylic acids is 2. The smallest absolute Gasteiger partial charge is 0.326 e. The van der Waals surface area contributed by atoms with Gasteiger partial charge in [-0.05, 0) is 54.3 Å². The first kappa shape index (κ1) is 22.2. The molecule has 0 aliphatic carbocycles. The molecule has 0 unspecified atom stereocenters. The van der Waals surface area contributed by atoms with E-state index >= 15 is 0 Å². The predicted molar refractivity (Wildman–Crippen MR) is 130 cm³/mol. The van der Waals surface area contributed by atoms with Gasteiger partial charge < -0.3 is 10.6 Å². The Bertz CT molecular complexity index is 1420. The van der Waals surface area contributed by atoms with Crippen LogP contribution in [-0.2, 0) is 29.1 Å². The summed E-state index contributed by atoms with van der Waals surface area (Å²) in [6.07, 6.45) is 0.554. The summed E-state index contributed by atoms with van der Waals surface area (Å²) in [5, 5.41) is 7.74. The number of nitrogens with zero attached hydrogens (tertiary/aromatic N) is 2. The van der Waals surface area contributed by atoms with E-state index in [1.165, 1.54) is 16.1 Å². The van der Waals surface area contributed by atoms with Gasteiger partial charge in [0.2, 0.25) is 11.8 Å². The van der Waals surface area contributed by atoms with Gasteiger partial charge in [0.15, 0.2) is 0 Å². The number of hydrogen-bond donors (Lipinski definition) is 2. The number of amides is 2. The van der Waals surface area contributed by atoms with Gasteiger partial charge in [0.05, 0.1) is 10.9 Å². The quantitative estimate of drug-likeness (QED) is 0.441. The molecule has 2 aromatic heterocycles. The molecule has 2 amide bonds. The minimum absolute atomic E-state index is 0.188. The van der Waals surface area contributed by atoms with Crippen LogP contribution in [0, 0.1) is 0 Å². The van der Waals surface area contributed by atoms with Crippen LogP contribution in [0.25, 0.3) is 10.9 Å². The number of aromatic nitrogens is 2. The fourth-order valence-corrected chi connectivity index (χ4v) is 4.28. The van der Waals surface area contributed by atoms with E-state index in [1.54, 1.807) is 59.9 Å². The highest BCUT2D eigenvalue weighted by atomic mass is 32.1. The van der Waals surface area contributed by atoms with E-state index in [4.69, 9.17) is 0 Å². The standard InChI is InChI=1S/C24H22N4O4S/c1-16(29)25-17-8-10-18(11-9-17)26-22(30)15-28-21-7-3-2-6-20(21)23(31)27(24(28)32)13-12-19-5-4-14-33-19/h2-11,14H,12-13,15H2,1H3,(H,25,29)(H,26,30). The molecule has 0 radical (unpaired) electrons. The van der Waals surface area contributed by atoms with Gasteiger partial charge in [-0.2, -0.15) is 0 Å². The van der Waals surface area contributed by atoms with Crippen LogP contribution in [0.4, 0.5) is 11.4 Å². The number of carbonyl (C=O) groups is 2. The molecule has 2 aromatic carbocycles. The lowest BCUT2D eigenvalue weighted by Gasteiger charge is -2.14. The van der Waals surface area contributed by atoms with E-state index in [1.807, 2.05) is 17.5 Å². The molecule has 4 aromatic rings. The zero-order chi connectivity index (χ0) is 23.4. The van der Waals surface area contributed by atoms with E-state index in [2.05, 4.69) is 10.6 Å². The predicted octanol–water partition coefficient (Wildman–Crippen LogP) is 3.06. The number of para-hydroxylation sites is 1. The number of nitrogens with one attached hydrogen (secondary N) is 2. The van der Waals surface area contributed by atoms with Crippen LogP contribution in [-0.4, -0.2) is 20.9 Å². The number of fused-ring (bicyclic) bond motifs is 1. The summed E-state index contributed by atoms with van der Waals surface area (Å²) in [5.74, 6) is -0.592. The molecular weight excluding hydrogens is 440 g/mol. The van der Waals surface area contributed by atoms with Gasteiger partial charge in [0.25, 0.3) is 5.56 Å². The van der Waals surface area contributed by atoms with Crippen LogP contribution >= 0.6 is 11.3 Å². The van der Waals surface area contributed by atoms with Crippen molar-refractivity contribution < 1.29 is 9.59 Å². The third kappa shape index (κ3) is 5.09. The van der Waals surface area contributed by atoms with Gasteiger partial charge in [-0.3, -0.25) is 23.5 Å². The van der Waals surface area contributed by atoms with Crippen molar-refractivity contribution in [3.63, 3.8) is 0 Å². The van der Waals surface area contributed by atoms with Crippen LogP contribution < -0.4 is 21.9 Å². The summed E-state index contributed by atoms with van der Waals surface area (Å²) in [5.41, 5.74) is 0.665. The largest absolute Gasteiger partial charge is 0.331 e. The topological polar surface area (TPSA) is 102 Å². The zero-order valence-corrected chi connectivity index (χ0v) is 18.7. The third-order valence-corrected chi connectivity index (χ3v) is 6.02. The maximum atomic E-state index is 13.2. The van der Waals surface area contributed by atoms with Crippen LogP contribution in [0.2, 0.25) is 0 Å². The van der Waals surface area contributed by atoms with Crippen molar-refractivity contribution in [2.75, 3.05) is 10.6 Å².